The maximum absolute atomic E-state index is 13.7. The summed E-state index contributed by atoms with van der Waals surface area (Å²) in [5.74, 6) is -1.06. The zero-order valence-electron chi connectivity index (χ0n) is 10.6. The molecule has 1 N–H and O–H groups in total. The predicted molar refractivity (Wildman–Crippen MR) is 78.2 cm³/mol. The number of aromatic nitrogens is 2. The fraction of sp³-hybridized carbons (Fsp3) is 0.231. The quantitative estimate of drug-likeness (QED) is 0.841. The van der Waals surface area contributed by atoms with E-state index in [1.807, 2.05) is 24.3 Å². The topological polar surface area (TPSA) is 46.9 Å². The maximum Gasteiger partial charge on any atom is 0.258 e. The summed E-state index contributed by atoms with van der Waals surface area (Å²) in [7, 11) is 1.47. The van der Waals surface area contributed by atoms with Gasteiger partial charge in [-0.2, -0.15) is 9.49 Å². The van der Waals surface area contributed by atoms with Crippen LogP contribution in [-0.4, -0.2) is 15.7 Å². The molecule has 0 atom stereocenters. The fourth-order valence-corrected chi connectivity index (χ4v) is 2.37. The SMILES string of the molecule is Cc1nn(C)c(F)c1C(=O)NCc1ccccc1I. The molecule has 0 aliphatic carbocycles. The number of benzene rings is 1. The second kappa shape index (κ2) is 5.68. The van der Waals surface area contributed by atoms with Gasteiger partial charge in [-0.15, -0.1) is 0 Å². The van der Waals surface area contributed by atoms with E-state index in [1.165, 1.54) is 7.05 Å². The Hall–Kier alpha value is -1.44. The van der Waals surface area contributed by atoms with Gasteiger partial charge in [0.05, 0.1) is 5.69 Å². The van der Waals surface area contributed by atoms with Crippen molar-refractivity contribution in [2.75, 3.05) is 0 Å². The highest BCUT2D eigenvalue weighted by Crippen LogP contribution is 2.13. The molecule has 0 saturated carbocycles. The second-order valence-corrected chi connectivity index (χ2v) is 5.31. The van der Waals surface area contributed by atoms with Gasteiger partial charge in [0.25, 0.3) is 5.91 Å². The molecule has 1 heterocycles. The van der Waals surface area contributed by atoms with Gasteiger partial charge in [-0.25, -0.2) is 4.68 Å². The Balaban J connectivity index is 2.12. The number of aryl methyl sites for hydroxylation is 2. The molecule has 0 bridgehead atoms. The van der Waals surface area contributed by atoms with Gasteiger partial charge in [-0.1, -0.05) is 18.2 Å². The summed E-state index contributed by atoms with van der Waals surface area (Å²) in [4.78, 5) is 12.0. The highest BCUT2D eigenvalue weighted by atomic mass is 127. The van der Waals surface area contributed by atoms with Gasteiger partial charge in [0, 0.05) is 17.2 Å². The van der Waals surface area contributed by atoms with E-state index in [1.54, 1.807) is 6.92 Å². The fourth-order valence-electron chi connectivity index (χ4n) is 1.79. The third-order valence-corrected chi connectivity index (χ3v) is 3.83. The molecular weight excluding hydrogens is 360 g/mol. The van der Waals surface area contributed by atoms with Crippen molar-refractivity contribution in [2.24, 2.45) is 7.05 Å². The maximum atomic E-state index is 13.7. The highest BCUT2D eigenvalue weighted by molar-refractivity contribution is 14.1. The van der Waals surface area contributed by atoms with Crippen molar-refractivity contribution >= 4 is 28.5 Å². The first-order valence-corrected chi connectivity index (χ1v) is 6.79. The molecule has 0 aliphatic heterocycles. The average Bonchev–Trinajstić information content (AvgIpc) is 2.62. The van der Waals surface area contributed by atoms with Crippen molar-refractivity contribution in [1.82, 2.24) is 15.1 Å². The number of halogens is 2. The van der Waals surface area contributed by atoms with E-state index < -0.39 is 11.9 Å². The Morgan fingerprint density at radius 3 is 2.74 bits per heavy atom. The van der Waals surface area contributed by atoms with Gasteiger partial charge in [0.15, 0.2) is 0 Å². The first kappa shape index (κ1) is 14.0. The van der Waals surface area contributed by atoms with E-state index in [2.05, 4.69) is 33.0 Å². The first-order chi connectivity index (χ1) is 9.00. The van der Waals surface area contributed by atoms with Crippen LogP contribution < -0.4 is 5.32 Å². The predicted octanol–water partition coefficient (Wildman–Crippen LogP) is 2.40. The van der Waals surface area contributed by atoms with E-state index in [-0.39, 0.29) is 5.56 Å². The molecule has 0 aliphatic rings. The molecule has 1 amide bonds. The first-order valence-electron chi connectivity index (χ1n) is 5.71. The van der Waals surface area contributed by atoms with Crippen LogP contribution in [-0.2, 0) is 13.6 Å². The lowest BCUT2D eigenvalue weighted by atomic mass is 10.2. The molecule has 2 aromatic rings. The Kier molecular flexibility index (Phi) is 4.18. The molecule has 6 heteroatoms. The van der Waals surface area contributed by atoms with Gasteiger partial charge in [0.2, 0.25) is 5.95 Å². The van der Waals surface area contributed by atoms with Crippen molar-refractivity contribution in [3.63, 3.8) is 0 Å². The van der Waals surface area contributed by atoms with E-state index in [0.717, 1.165) is 13.8 Å². The van der Waals surface area contributed by atoms with Crippen molar-refractivity contribution in [3.8, 4) is 0 Å². The molecule has 100 valence electrons. The molecule has 4 nitrogen and oxygen atoms in total. The molecule has 0 fully saturated rings. The van der Waals surface area contributed by atoms with Crippen LogP contribution in [0, 0.1) is 16.4 Å². The van der Waals surface area contributed by atoms with Gasteiger partial charge in [-0.05, 0) is 41.1 Å². The number of carbonyl (C=O) groups is 1. The van der Waals surface area contributed by atoms with Crippen LogP contribution in [0.3, 0.4) is 0 Å². The molecule has 0 saturated heterocycles. The lowest BCUT2D eigenvalue weighted by Gasteiger charge is -2.06. The number of carbonyl (C=O) groups excluding carboxylic acids is 1. The number of amides is 1. The van der Waals surface area contributed by atoms with Crippen molar-refractivity contribution in [2.45, 2.75) is 13.5 Å². The average molecular weight is 373 g/mol. The van der Waals surface area contributed by atoms with Crippen LogP contribution in [0.1, 0.15) is 21.6 Å². The Morgan fingerprint density at radius 1 is 1.47 bits per heavy atom. The van der Waals surface area contributed by atoms with Crippen LogP contribution in [0.4, 0.5) is 4.39 Å². The van der Waals surface area contributed by atoms with Gasteiger partial charge in [0.1, 0.15) is 5.56 Å². The number of hydrogen-bond acceptors (Lipinski definition) is 2. The Labute approximate surface area is 124 Å². The molecular formula is C13H13FIN3O. The normalized spacial score (nSPS) is 10.5. The van der Waals surface area contributed by atoms with Crippen molar-refractivity contribution in [3.05, 3.63) is 50.6 Å². The van der Waals surface area contributed by atoms with Crippen LogP contribution in [0.25, 0.3) is 0 Å². The van der Waals surface area contributed by atoms with Crippen molar-refractivity contribution < 1.29 is 9.18 Å². The number of nitrogens with one attached hydrogen (secondary N) is 1. The van der Waals surface area contributed by atoms with Crippen LogP contribution >= 0.6 is 22.6 Å². The molecule has 0 unspecified atom stereocenters. The molecule has 1 aromatic heterocycles. The molecule has 1 aromatic carbocycles. The Morgan fingerprint density at radius 2 is 2.16 bits per heavy atom. The van der Waals surface area contributed by atoms with E-state index in [4.69, 9.17) is 0 Å². The zero-order valence-corrected chi connectivity index (χ0v) is 12.7. The second-order valence-electron chi connectivity index (χ2n) is 4.15. The summed E-state index contributed by atoms with van der Waals surface area (Å²) in [5.41, 5.74) is 1.40. The largest absolute Gasteiger partial charge is 0.348 e. The number of nitrogens with zero attached hydrogens (tertiary/aromatic N) is 2. The summed E-state index contributed by atoms with van der Waals surface area (Å²) in [5, 5.41) is 6.60. The van der Waals surface area contributed by atoms with Crippen molar-refractivity contribution in [1.29, 1.82) is 0 Å². The van der Waals surface area contributed by atoms with E-state index in [9.17, 15) is 9.18 Å². The number of hydrogen-bond donors (Lipinski definition) is 1. The minimum Gasteiger partial charge on any atom is -0.348 e. The molecule has 19 heavy (non-hydrogen) atoms. The zero-order chi connectivity index (χ0) is 14.0. The van der Waals surface area contributed by atoms with Crippen LogP contribution in [0.5, 0.6) is 0 Å². The molecule has 0 spiro atoms. The van der Waals surface area contributed by atoms with E-state index >= 15 is 0 Å². The lowest BCUT2D eigenvalue weighted by molar-refractivity contribution is 0.0945. The van der Waals surface area contributed by atoms with Crippen LogP contribution in [0.2, 0.25) is 0 Å². The summed E-state index contributed by atoms with van der Waals surface area (Å²) in [6.45, 7) is 1.98. The summed E-state index contributed by atoms with van der Waals surface area (Å²) in [6.07, 6.45) is 0. The minimum atomic E-state index is -0.613. The van der Waals surface area contributed by atoms with E-state index in [0.29, 0.717) is 12.2 Å². The monoisotopic (exact) mass is 373 g/mol. The van der Waals surface area contributed by atoms with Gasteiger partial charge >= 0.3 is 0 Å². The summed E-state index contributed by atoms with van der Waals surface area (Å²) in [6, 6.07) is 7.71. The summed E-state index contributed by atoms with van der Waals surface area (Å²) >= 11 is 2.20. The standard InChI is InChI=1S/C13H13FIN3O/c1-8-11(12(14)18(2)17-8)13(19)16-7-9-5-3-4-6-10(9)15/h3-6H,7H2,1-2H3,(H,16,19). The lowest BCUT2D eigenvalue weighted by Crippen LogP contribution is -2.24. The Bertz CT molecular complexity index is 624. The molecule has 2 rings (SSSR count). The van der Waals surface area contributed by atoms with Gasteiger partial charge in [-0.3, -0.25) is 4.79 Å². The number of rotatable bonds is 3. The highest BCUT2D eigenvalue weighted by Gasteiger charge is 2.20. The van der Waals surface area contributed by atoms with Crippen LogP contribution in [0.15, 0.2) is 24.3 Å². The third-order valence-electron chi connectivity index (χ3n) is 2.78. The smallest absolute Gasteiger partial charge is 0.258 e. The van der Waals surface area contributed by atoms with Gasteiger partial charge < -0.3 is 5.32 Å². The summed E-state index contributed by atoms with van der Waals surface area (Å²) < 4.78 is 15.8. The third kappa shape index (κ3) is 2.94. The minimum absolute atomic E-state index is 0.00781. The molecule has 0 radical (unpaired) electrons.